The quantitative estimate of drug-likeness (QED) is 0.491. The van der Waals surface area contributed by atoms with Crippen molar-refractivity contribution in [2.75, 3.05) is 23.1 Å². The molecule has 176 valence electrons. The van der Waals surface area contributed by atoms with Crippen LogP contribution in [0.3, 0.4) is 0 Å². The fourth-order valence-electron chi connectivity index (χ4n) is 3.43. The molecule has 0 bridgehead atoms. The van der Waals surface area contributed by atoms with Gasteiger partial charge >= 0.3 is 6.09 Å². The third-order valence-electron chi connectivity index (χ3n) is 4.79. The third kappa shape index (κ3) is 5.33. The van der Waals surface area contributed by atoms with Gasteiger partial charge in [0.1, 0.15) is 11.3 Å². The fraction of sp³-hybridized carbons (Fsp3) is 0.261. The minimum atomic E-state index is -0.540. The molecule has 0 fully saturated rings. The summed E-state index contributed by atoms with van der Waals surface area (Å²) in [5.74, 6) is 0.0630. The molecule has 4 rings (SSSR count). The molecule has 0 aliphatic carbocycles. The van der Waals surface area contributed by atoms with Gasteiger partial charge in [-0.3, -0.25) is 5.01 Å². The largest absolute Gasteiger partial charge is 0.492 e. The monoisotopic (exact) mass is 473 g/mol. The Balaban J connectivity index is 0.00000306. The SMILES string of the molecule is CC(C)(C)OC(=O)NCCNC1=CC2=C(O)N(c3ccc(Cl)cc3)NN2c2ccccc21.O. The second-order valence-electron chi connectivity index (χ2n) is 8.39. The van der Waals surface area contributed by atoms with E-state index < -0.39 is 11.7 Å². The number of para-hydroxylation sites is 1. The maximum absolute atomic E-state index is 11.8. The number of fused-ring (bicyclic) bond motifs is 3. The van der Waals surface area contributed by atoms with Gasteiger partial charge in [-0.15, -0.1) is 5.53 Å². The number of allylic oxidation sites excluding steroid dienone is 1. The summed E-state index contributed by atoms with van der Waals surface area (Å²) in [5, 5.41) is 21.0. The van der Waals surface area contributed by atoms with Gasteiger partial charge in [0.15, 0.2) is 0 Å². The van der Waals surface area contributed by atoms with Crippen LogP contribution in [0.1, 0.15) is 26.3 Å². The van der Waals surface area contributed by atoms with Crippen LogP contribution in [0.5, 0.6) is 0 Å². The minimum Gasteiger partial charge on any atom is -0.492 e. The van der Waals surface area contributed by atoms with E-state index in [1.165, 1.54) is 0 Å². The normalized spacial score (nSPS) is 14.7. The lowest BCUT2D eigenvalue weighted by molar-refractivity contribution is 0.0529. The van der Waals surface area contributed by atoms with Gasteiger partial charge in [0.05, 0.1) is 11.4 Å². The van der Waals surface area contributed by atoms with Crippen molar-refractivity contribution in [2.45, 2.75) is 26.4 Å². The first-order valence-electron chi connectivity index (χ1n) is 10.3. The van der Waals surface area contributed by atoms with Crippen molar-refractivity contribution in [3.05, 3.63) is 76.8 Å². The molecule has 0 spiro atoms. The molecule has 0 unspecified atom stereocenters. The number of aliphatic hydroxyl groups is 1. The van der Waals surface area contributed by atoms with Gasteiger partial charge in [-0.2, -0.15) is 0 Å². The van der Waals surface area contributed by atoms with Crippen LogP contribution >= 0.6 is 11.6 Å². The first-order valence-corrected chi connectivity index (χ1v) is 10.7. The van der Waals surface area contributed by atoms with Gasteiger partial charge in [0, 0.05) is 29.4 Å². The van der Waals surface area contributed by atoms with Crippen molar-refractivity contribution in [1.82, 2.24) is 16.2 Å². The van der Waals surface area contributed by atoms with E-state index in [0.717, 1.165) is 22.6 Å². The molecule has 0 saturated carbocycles. The zero-order chi connectivity index (χ0) is 22.9. The van der Waals surface area contributed by atoms with Crippen LogP contribution < -0.4 is 26.2 Å². The summed E-state index contributed by atoms with van der Waals surface area (Å²) in [5.41, 5.74) is 6.70. The van der Waals surface area contributed by atoms with E-state index in [-0.39, 0.29) is 11.4 Å². The Kier molecular flexibility index (Phi) is 7.06. The van der Waals surface area contributed by atoms with Crippen molar-refractivity contribution in [3.63, 3.8) is 0 Å². The Morgan fingerprint density at radius 2 is 1.79 bits per heavy atom. The third-order valence-corrected chi connectivity index (χ3v) is 5.04. The molecule has 0 saturated heterocycles. The smallest absolute Gasteiger partial charge is 0.407 e. The van der Waals surface area contributed by atoms with Crippen LogP contribution in [-0.4, -0.2) is 35.4 Å². The molecule has 0 atom stereocenters. The topological polar surface area (TPSA) is 121 Å². The zero-order valence-corrected chi connectivity index (χ0v) is 19.4. The molecular weight excluding hydrogens is 446 g/mol. The number of benzene rings is 2. The van der Waals surface area contributed by atoms with Crippen molar-refractivity contribution in [3.8, 4) is 0 Å². The standard InChI is InChI=1S/C23H26ClN5O3.H2O/c1-23(2,3)32-22(31)26-13-12-25-18-14-20-21(30)28(16-10-8-15(24)9-11-16)27-29(20)19-7-5-4-6-17(18)19;/h4-11,14,25,27,30H,12-13H2,1-3H3,(H,26,31);1H2. The predicted octanol–water partition coefficient (Wildman–Crippen LogP) is 3.46. The van der Waals surface area contributed by atoms with E-state index in [0.29, 0.717) is 23.8 Å². The summed E-state index contributed by atoms with van der Waals surface area (Å²) >= 11 is 6.00. The highest BCUT2D eigenvalue weighted by molar-refractivity contribution is 6.30. The number of hydrazine groups is 2. The predicted molar refractivity (Wildman–Crippen MR) is 129 cm³/mol. The van der Waals surface area contributed by atoms with Gasteiger partial charge in [0.2, 0.25) is 5.88 Å². The molecule has 2 heterocycles. The van der Waals surface area contributed by atoms with Crippen molar-refractivity contribution >= 4 is 34.8 Å². The maximum atomic E-state index is 11.8. The zero-order valence-electron chi connectivity index (χ0n) is 18.6. The van der Waals surface area contributed by atoms with E-state index in [1.807, 2.05) is 68.3 Å². The molecule has 0 aromatic heterocycles. The maximum Gasteiger partial charge on any atom is 0.407 e. The summed E-state index contributed by atoms with van der Waals surface area (Å²) in [6, 6.07) is 15.0. The second kappa shape index (κ2) is 9.62. The first kappa shape index (κ1) is 24.2. The average molecular weight is 474 g/mol. The van der Waals surface area contributed by atoms with Crippen LogP contribution in [-0.2, 0) is 4.74 Å². The van der Waals surface area contributed by atoms with Crippen LogP contribution in [0.4, 0.5) is 16.2 Å². The van der Waals surface area contributed by atoms with E-state index in [1.54, 1.807) is 17.1 Å². The Morgan fingerprint density at radius 3 is 2.48 bits per heavy atom. The molecule has 2 aromatic carbocycles. The molecular formula is C23H28ClN5O4. The molecule has 2 aliphatic heterocycles. The Morgan fingerprint density at radius 1 is 1.09 bits per heavy atom. The summed E-state index contributed by atoms with van der Waals surface area (Å²) in [6.07, 6.45) is 1.41. The average Bonchev–Trinajstić information content (AvgIpc) is 3.07. The van der Waals surface area contributed by atoms with Crippen LogP contribution in [0.25, 0.3) is 5.70 Å². The lowest BCUT2D eigenvalue weighted by atomic mass is 10.0. The van der Waals surface area contributed by atoms with Gasteiger partial charge in [-0.1, -0.05) is 29.8 Å². The molecule has 33 heavy (non-hydrogen) atoms. The van der Waals surface area contributed by atoms with Crippen molar-refractivity contribution in [1.29, 1.82) is 0 Å². The lowest BCUT2D eigenvalue weighted by Gasteiger charge is -2.29. The summed E-state index contributed by atoms with van der Waals surface area (Å²) in [6.45, 7) is 6.34. The number of ether oxygens (including phenoxy) is 1. The summed E-state index contributed by atoms with van der Waals surface area (Å²) in [4.78, 5) is 11.8. The first-order chi connectivity index (χ1) is 15.2. The number of nitrogens with one attached hydrogen (secondary N) is 3. The number of aliphatic hydroxyl groups excluding tert-OH is 1. The number of hydrogen-bond acceptors (Lipinski definition) is 7. The minimum absolute atomic E-state index is 0. The van der Waals surface area contributed by atoms with E-state index >= 15 is 0 Å². The Bertz CT molecular complexity index is 1080. The van der Waals surface area contributed by atoms with E-state index in [2.05, 4.69) is 16.2 Å². The molecule has 1 amide bonds. The van der Waals surface area contributed by atoms with E-state index in [4.69, 9.17) is 16.3 Å². The Labute approximate surface area is 197 Å². The highest BCUT2D eigenvalue weighted by atomic mass is 35.5. The molecule has 6 N–H and O–H groups in total. The fourth-order valence-corrected chi connectivity index (χ4v) is 3.56. The molecule has 9 nitrogen and oxygen atoms in total. The number of carbonyl (C=O) groups is 1. The van der Waals surface area contributed by atoms with Crippen LogP contribution in [0, 0.1) is 0 Å². The van der Waals surface area contributed by atoms with Gasteiger partial charge in [0.25, 0.3) is 0 Å². The van der Waals surface area contributed by atoms with Crippen molar-refractivity contribution in [2.24, 2.45) is 0 Å². The summed E-state index contributed by atoms with van der Waals surface area (Å²) < 4.78 is 5.26. The number of carbonyl (C=O) groups excluding carboxylic acids is 1. The summed E-state index contributed by atoms with van der Waals surface area (Å²) in [7, 11) is 0. The van der Waals surface area contributed by atoms with Gasteiger partial charge in [-0.05, 0) is 57.2 Å². The molecule has 0 radical (unpaired) electrons. The number of alkyl carbamates (subject to hydrolysis) is 1. The van der Waals surface area contributed by atoms with E-state index in [9.17, 15) is 9.90 Å². The highest BCUT2D eigenvalue weighted by Gasteiger charge is 2.34. The number of rotatable bonds is 5. The Hall–Kier alpha value is -3.40. The molecule has 2 aliphatic rings. The number of nitrogens with zero attached hydrogens (tertiary/aromatic N) is 2. The number of hydrogen-bond donors (Lipinski definition) is 4. The van der Waals surface area contributed by atoms with Gasteiger partial charge < -0.3 is 26.0 Å². The second-order valence-corrected chi connectivity index (χ2v) is 8.82. The number of halogens is 1. The number of anilines is 2. The van der Waals surface area contributed by atoms with Gasteiger partial charge in [-0.25, -0.2) is 9.80 Å². The van der Waals surface area contributed by atoms with Crippen LogP contribution in [0.15, 0.2) is 66.2 Å². The molecule has 10 heteroatoms. The van der Waals surface area contributed by atoms with Crippen LogP contribution in [0.2, 0.25) is 5.02 Å². The lowest BCUT2D eigenvalue weighted by Crippen LogP contribution is -2.43. The highest BCUT2D eigenvalue weighted by Crippen LogP contribution is 2.38. The van der Waals surface area contributed by atoms with Crippen molar-refractivity contribution < 1.29 is 20.1 Å². The molecule has 2 aromatic rings. The number of amides is 1.